The molecule has 1 N–H and O–H groups in total. The van der Waals surface area contributed by atoms with Crippen molar-refractivity contribution >= 4 is 11.6 Å². The molecule has 0 amide bonds. The molecule has 21 heavy (non-hydrogen) atoms. The first-order chi connectivity index (χ1) is 10.2. The Labute approximate surface area is 117 Å². The lowest BCUT2D eigenvalue weighted by Gasteiger charge is -2.01. The number of rotatable bonds is 2. The number of aromatic carboxylic acids is 1. The van der Waals surface area contributed by atoms with Crippen molar-refractivity contribution in [2.75, 3.05) is 0 Å². The predicted octanol–water partition coefficient (Wildman–Crippen LogP) is 0.962. The summed E-state index contributed by atoms with van der Waals surface area (Å²) >= 11 is 0. The highest BCUT2D eigenvalue weighted by atomic mass is 16.4. The van der Waals surface area contributed by atoms with Crippen LogP contribution in [0.4, 0.5) is 0 Å². The molecule has 100 valence electrons. The van der Waals surface area contributed by atoms with Gasteiger partial charge < -0.3 is 5.11 Å². The molecule has 0 radical (unpaired) electrons. The maximum Gasteiger partial charge on any atom is 0.356 e. The fourth-order valence-electron chi connectivity index (χ4n) is 2.05. The number of pyridine rings is 1. The number of carboxylic acid groups (broad SMARTS) is 1. The molecule has 0 atom stereocenters. The Hall–Kier alpha value is -3.65. The van der Waals surface area contributed by atoms with Crippen LogP contribution in [0.3, 0.4) is 0 Å². The molecule has 8 heteroatoms. The largest absolute Gasteiger partial charge is 0.476 e. The van der Waals surface area contributed by atoms with E-state index in [1.807, 2.05) is 6.07 Å². The summed E-state index contributed by atoms with van der Waals surface area (Å²) in [4.78, 5) is 19.5. The summed E-state index contributed by atoms with van der Waals surface area (Å²) in [7, 11) is 0. The highest BCUT2D eigenvalue weighted by Crippen LogP contribution is 2.19. The van der Waals surface area contributed by atoms with E-state index in [0.29, 0.717) is 5.65 Å². The molecule has 3 rings (SSSR count). The topological polar surface area (TPSA) is 120 Å². The van der Waals surface area contributed by atoms with Gasteiger partial charge in [0.1, 0.15) is 24.1 Å². The first-order valence-electron chi connectivity index (χ1n) is 5.75. The monoisotopic (exact) mass is 278 g/mol. The second-order valence-electron chi connectivity index (χ2n) is 4.05. The van der Waals surface area contributed by atoms with Gasteiger partial charge in [-0.1, -0.05) is 6.07 Å². The minimum atomic E-state index is -1.19. The van der Waals surface area contributed by atoms with E-state index in [9.17, 15) is 9.90 Å². The Morgan fingerprint density at radius 3 is 2.76 bits per heavy atom. The zero-order chi connectivity index (χ0) is 15.0. The van der Waals surface area contributed by atoms with Crippen LogP contribution in [0.2, 0.25) is 0 Å². The number of carboxylic acids is 1. The third kappa shape index (κ3) is 1.71. The van der Waals surface area contributed by atoms with Crippen LogP contribution in [0.15, 0.2) is 30.7 Å². The lowest BCUT2D eigenvalue weighted by Crippen LogP contribution is -2.08. The molecule has 0 fully saturated rings. The lowest BCUT2D eigenvalue weighted by molar-refractivity contribution is 0.0689. The molecule has 0 aliphatic rings. The molecular weight excluding hydrogens is 272 g/mol. The van der Waals surface area contributed by atoms with E-state index in [-0.39, 0.29) is 22.9 Å². The molecule has 3 heterocycles. The average Bonchev–Trinajstić information content (AvgIpc) is 3.06. The van der Waals surface area contributed by atoms with Crippen LogP contribution in [0.5, 0.6) is 0 Å². The van der Waals surface area contributed by atoms with E-state index in [1.54, 1.807) is 30.5 Å². The van der Waals surface area contributed by atoms with Crippen LogP contribution in [0.1, 0.15) is 21.9 Å². The summed E-state index contributed by atoms with van der Waals surface area (Å²) < 4.78 is 2.60. The van der Waals surface area contributed by atoms with Gasteiger partial charge in [0.15, 0.2) is 22.9 Å². The highest BCUT2D eigenvalue weighted by Gasteiger charge is 2.23. The van der Waals surface area contributed by atoms with Crippen LogP contribution in [-0.4, -0.2) is 30.0 Å². The number of aromatic nitrogens is 4. The third-order valence-electron chi connectivity index (χ3n) is 2.92. The van der Waals surface area contributed by atoms with Crippen LogP contribution in [0.25, 0.3) is 11.5 Å². The average molecular weight is 278 g/mol. The highest BCUT2D eigenvalue weighted by molar-refractivity contribution is 5.91. The number of hydrogen-bond acceptors (Lipinski definition) is 5. The van der Waals surface area contributed by atoms with Gasteiger partial charge >= 0.3 is 5.97 Å². The normalized spacial score (nSPS) is 10.2. The zero-order valence-electron chi connectivity index (χ0n) is 10.4. The van der Waals surface area contributed by atoms with E-state index in [0.717, 1.165) is 0 Å². The molecule has 3 aromatic rings. The molecule has 0 unspecified atom stereocenters. The van der Waals surface area contributed by atoms with Gasteiger partial charge in [-0.15, -0.1) is 0 Å². The van der Waals surface area contributed by atoms with Gasteiger partial charge in [-0.2, -0.15) is 10.5 Å². The summed E-state index contributed by atoms with van der Waals surface area (Å²) in [5.74, 6) is -1.15. The summed E-state index contributed by atoms with van der Waals surface area (Å²) in [5.41, 5.74) is 0.180. The molecule has 0 aliphatic heterocycles. The van der Waals surface area contributed by atoms with E-state index < -0.39 is 5.97 Å². The van der Waals surface area contributed by atoms with Gasteiger partial charge in [0, 0.05) is 6.20 Å². The van der Waals surface area contributed by atoms with Crippen molar-refractivity contribution in [3.63, 3.8) is 0 Å². The fourth-order valence-corrected chi connectivity index (χ4v) is 2.05. The first-order valence-corrected chi connectivity index (χ1v) is 5.75. The molecule has 0 aliphatic carbocycles. The minimum absolute atomic E-state index is 0.0410. The number of fused-ring (bicyclic) bond motifs is 1. The quantitative estimate of drug-likeness (QED) is 0.745. The Morgan fingerprint density at radius 1 is 1.29 bits per heavy atom. The summed E-state index contributed by atoms with van der Waals surface area (Å²) in [6.45, 7) is 0. The summed E-state index contributed by atoms with van der Waals surface area (Å²) in [6.07, 6.45) is 2.77. The Balaban J connectivity index is 2.39. The Morgan fingerprint density at radius 2 is 2.10 bits per heavy atom. The molecule has 3 aromatic heterocycles. The molecular formula is C13H6N6O2. The smallest absolute Gasteiger partial charge is 0.356 e. The summed E-state index contributed by atoms with van der Waals surface area (Å²) in [5, 5.41) is 27.4. The molecule has 0 bridgehead atoms. The maximum absolute atomic E-state index is 11.5. The Kier molecular flexibility index (Phi) is 2.64. The van der Waals surface area contributed by atoms with Crippen molar-refractivity contribution in [1.82, 2.24) is 18.9 Å². The lowest BCUT2D eigenvalue weighted by atomic mass is 10.3. The summed E-state index contributed by atoms with van der Waals surface area (Å²) in [6, 6.07) is 8.66. The minimum Gasteiger partial charge on any atom is -0.476 e. The van der Waals surface area contributed by atoms with Crippen molar-refractivity contribution in [2.24, 2.45) is 0 Å². The SMILES string of the molecule is N#Cc1ncn(-c2nc3ccccn3c2C(=O)O)c1C#N. The van der Waals surface area contributed by atoms with Gasteiger partial charge in [0.2, 0.25) is 0 Å². The van der Waals surface area contributed by atoms with Crippen molar-refractivity contribution in [2.45, 2.75) is 0 Å². The van der Waals surface area contributed by atoms with Gasteiger partial charge in [0.25, 0.3) is 0 Å². The van der Waals surface area contributed by atoms with E-state index in [1.165, 1.54) is 15.3 Å². The zero-order valence-corrected chi connectivity index (χ0v) is 10.4. The number of hydrogen-bond donors (Lipinski definition) is 1. The van der Waals surface area contributed by atoms with Gasteiger partial charge in [-0.05, 0) is 12.1 Å². The third-order valence-corrected chi connectivity index (χ3v) is 2.92. The fraction of sp³-hybridized carbons (Fsp3) is 0. The van der Waals surface area contributed by atoms with Crippen LogP contribution >= 0.6 is 0 Å². The van der Waals surface area contributed by atoms with Crippen molar-refractivity contribution in [3.8, 4) is 18.0 Å². The molecule has 0 saturated carbocycles. The standard InChI is InChI=1S/C13H6N6O2/c14-5-8-9(6-15)19(7-16-8)12-11(13(20)21)18-4-2-1-3-10(18)17-12/h1-4,7H,(H,20,21). The van der Waals surface area contributed by atoms with Gasteiger partial charge in [-0.3, -0.25) is 8.97 Å². The van der Waals surface area contributed by atoms with E-state index >= 15 is 0 Å². The van der Waals surface area contributed by atoms with Crippen molar-refractivity contribution < 1.29 is 9.90 Å². The van der Waals surface area contributed by atoms with Crippen LogP contribution < -0.4 is 0 Å². The molecule has 8 nitrogen and oxygen atoms in total. The second-order valence-corrected chi connectivity index (χ2v) is 4.05. The van der Waals surface area contributed by atoms with Crippen molar-refractivity contribution in [1.29, 1.82) is 10.5 Å². The number of nitriles is 2. The first kappa shape index (κ1) is 12.4. The number of imidazole rings is 2. The van der Waals surface area contributed by atoms with Crippen molar-refractivity contribution in [3.05, 3.63) is 47.8 Å². The van der Waals surface area contributed by atoms with Crippen LogP contribution in [-0.2, 0) is 0 Å². The molecule has 0 saturated heterocycles. The maximum atomic E-state index is 11.5. The molecule has 0 spiro atoms. The predicted molar refractivity (Wildman–Crippen MR) is 68.7 cm³/mol. The van der Waals surface area contributed by atoms with E-state index in [4.69, 9.17) is 10.5 Å². The number of carbonyl (C=O) groups is 1. The number of nitrogens with zero attached hydrogens (tertiary/aromatic N) is 6. The van der Waals surface area contributed by atoms with E-state index in [2.05, 4.69) is 9.97 Å². The Bertz CT molecular complexity index is 953. The van der Waals surface area contributed by atoms with Gasteiger partial charge in [-0.25, -0.2) is 14.8 Å². The second kappa shape index (κ2) is 4.47. The molecule has 0 aromatic carbocycles. The van der Waals surface area contributed by atoms with Gasteiger partial charge in [0.05, 0.1) is 0 Å². The van der Waals surface area contributed by atoms with Crippen LogP contribution in [0, 0.1) is 22.7 Å².